The van der Waals surface area contributed by atoms with Crippen molar-refractivity contribution >= 4 is 46.8 Å². The Hall–Kier alpha value is -14.6. The van der Waals surface area contributed by atoms with Crippen LogP contribution in [-0.4, -0.2) is 143 Å². The number of carbonyl (C=O) groups excluding carboxylic acids is 7. The van der Waals surface area contributed by atoms with E-state index in [1.54, 1.807) is 69.5 Å². The van der Waals surface area contributed by atoms with Gasteiger partial charge < -0.3 is 47.9 Å². The molecule has 4 aromatic carbocycles. The quantitative estimate of drug-likeness (QED) is 0.0186. The lowest BCUT2D eigenvalue weighted by Gasteiger charge is -2.39. The summed E-state index contributed by atoms with van der Waals surface area (Å²) in [5, 5.41) is 9.74. The highest BCUT2D eigenvalue weighted by molar-refractivity contribution is 5.99. The van der Waals surface area contributed by atoms with Crippen LogP contribution in [0.1, 0.15) is 203 Å². The molecule has 0 unspecified atom stereocenters. The lowest BCUT2D eigenvalue weighted by atomic mass is 9.72. The van der Waals surface area contributed by atoms with Gasteiger partial charge in [-0.2, -0.15) is 0 Å². The average Bonchev–Trinajstić information content (AvgIpc) is 0.818. The number of methoxy groups -OCH3 is 1. The molecule has 0 saturated heterocycles. The number of nitrogens with one attached hydrogen (secondary N) is 2. The van der Waals surface area contributed by atoms with Gasteiger partial charge in [-0.15, -0.1) is 0 Å². The molecule has 8 aromatic heterocycles. The number of hydrogen-bond acceptors (Lipinski definition) is 23. The summed E-state index contributed by atoms with van der Waals surface area (Å²) in [6, 6.07) is 26.7. The molecule has 4 aliphatic rings. The summed E-state index contributed by atoms with van der Waals surface area (Å²) in [5.74, 6) is -13.2. The zero-order valence-electron chi connectivity index (χ0n) is 79.6. The molecule has 14 atom stereocenters. The second-order valence-corrected chi connectivity index (χ2v) is 36.5. The minimum atomic E-state index is -0.978. The number of Topliss-reactive ketones (excluding diaryl/α,β-unsaturated/α-hetero) is 5. The maximum Gasteiger partial charge on any atom is 0.407 e. The van der Waals surface area contributed by atoms with E-state index < -0.39 is 156 Å². The van der Waals surface area contributed by atoms with Crippen LogP contribution in [0.15, 0.2) is 200 Å². The maximum absolute atomic E-state index is 14.5. The van der Waals surface area contributed by atoms with Gasteiger partial charge in [0.1, 0.15) is 122 Å². The molecule has 4 saturated carbocycles. The Morgan fingerprint density at radius 2 is 0.639 bits per heavy atom. The van der Waals surface area contributed by atoms with Crippen molar-refractivity contribution in [1.82, 2.24) is 50.5 Å². The fourth-order valence-corrected chi connectivity index (χ4v) is 19.4. The number of rotatable bonds is 24. The predicted octanol–water partition coefficient (Wildman–Crippen LogP) is 19.1. The molecule has 4 fully saturated rings. The summed E-state index contributed by atoms with van der Waals surface area (Å²) in [4.78, 5) is 126. The first kappa shape index (κ1) is 107. The Bertz CT molecular complexity index is 6650. The molecule has 8 heterocycles. The standard InChI is InChI=1S/C29H31F3N4O3.C27H27F3N4O3.C26H25F3N4O2.C25H22F3N3O2/c1-15(2)39-29(38)36-27-16(3)11-17(12-23(27)33)19-9-10-34-14-18(19)13-25(37)24-8-7-22(32)28(35-24)26-20(30)5-4-6-21(26)31;1-14-10-15(11-21(31)25(14)34-27(36)37-2)17-8-9-32-13-16(17)12-23(35)22-7-6-20(30)26(33-22)24-18(28)4-3-5-19(24)29;1-14-10-15(11-21(30)25(14)33-35-2)17-8-9-31-13-16(17)12-23(34)22-7-6-20(29)26(32-22)24-18(27)4-3-5-19(24)28;1-13-9-14(10-20(29)25(13)33)16-7-8-30-12-15(16)11-22(32)21-6-5-19(28)24(31-21)23-17(26)3-2-4-18(23)27/h4-10,14-17,23,27H,11-13,33H2,1-3H3,(H,36,38);3-9,13-15,21,25H,10-12,31H2,1-2H3,(H,34,36);3-9,13-15,21H,10-12,30H2,1-2H3;2-8,12-14,20H,9-11,29H2,1H3/b;;33-25+;/t16-,17+,23+,27-;14-,15+,21+,25-;14-,15+,21+;13-,14+,20+/m0000/s1. The predicted molar refractivity (Wildman–Crippen MR) is 511 cm³/mol. The number of nitrogens with zero attached hydrogens (tertiary/aromatic N) is 9. The Morgan fingerprint density at radius 1 is 0.361 bits per heavy atom. The Kier molecular flexibility index (Phi) is 35.6. The van der Waals surface area contributed by atoms with E-state index in [4.69, 9.17) is 37.2 Å². The molecule has 0 spiro atoms. The summed E-state index contributed by atoms with van der Waals surface area (Å²) >= 11 is 0. The highest BCUT2D eigenvalue weighted by Gasteiger charge is 2.41. The van der Waals surface area contributed by atoms with Gasteiger partial charge in [0, 0.05) is 111 Å². The second kappa shape index (κ2) is 48.0. The number of aromatic nitrogens is 8. The van der Waals surface area contributed by atoms with E-state index in [9.17, 15) is 86.2 Å². The van der Waals surface area contributed by atoms with Crippen LogP contribution in [0.4, 0.5) is 62.3 Å². The molecular formula is C107H105F12N15O10. The van der Waals surface area contributed by atoms with Gasteiger partial charge in [-0.05, 0) is 272 Å². The third-order valence-electron chi connectivity index (χ3n) is 26.2. The van der Waals surface area contributed by atoms with Crippen LogP contribution in [0.2, 0.25) is 0 Å². The lowest BCUT2D eigenvalue weighted by molar-refractivity contribution is -0.125. The minimum Gasteiger partial charge on any atom is -0.453 e. The van der Waals surface area contributed by atoms with Crippen LogP contribution >= 0.6 is 0 Å². The molecule has 12 aromatic rings. The number of pyridine rings is 8. The SMILES string of the molecule is CC(C)OC(=O)N[C@@H]1[C@H](N)C[C@H](c2ccncc2CC(=O)c2ccc(F)c(-c3c(F)cccc3F)n2)C[C@@H]1C.CO/N=C1/[C@H](N)C[C@H](c2ccncc2CC(=O)c2ccc(F)c(-c3c(F)cccc3F)n2)C[C@@H]1C.COC(=O)N[C@@H]1[C@H](N)C[C@H](c2ccncc2CC(=O)c2ccc(F)c(-c3c(F)cccc3F)n2)C[C@@H]1C.C[C@H]1C[C@@H](c2ccncc2CC(=O)c2ccc(F)c(-c3c(F)cccc3F)n2)C[C@@H](N)C1=O. The van der Waals surface area contributed by atoms with E-state index in [2.05, 4.69) is 55.7 Å². The van der Waals surface area contributed by atoms with Crippen LogP contribution in [0.25, 0.3) is 45.0 Å². The van der Waals surface area contributed by atoms with Gasteiger partial charge in [0.05, 0.1) is 47.2 Å². The number of halogens is 12. The van der Waals surface area contributed by atoms with Crippen molar-refractivity contribution in [2.45, 2.75) is 185 Å². The largest absolute Gasteiger partial charge is 0.453 e. The van der Waals surface area contributed by atoms with Crippen LogP contribution < -0.4 is 33.6 Å². The van der Waals surface area contributed by atoms with Crippen molar-refractivity contribution in [2.75, 3.05) is 14.2 Å². The minimum absolute atomic E-state index is 0.00391. The summed E-state index contributed by atoms with van der Waals surface area (Å²) in [5.41, 5.74) is 27.1. The van der Waals surface area contributed by atoms with E-state index in [0.29, 0.717) is 67.2 Å². The normalized spacial score (nSPS) is 21.1. The highest BCUT2D eigenvalue weighted by atomic mass is 19.2. The monoisotopic (exact) mass is 1990 g/mol. The van der Waals surface area contributed by atoms with Crippen LogP contribution in [0, 0.1) is 93.5 Å². The van der Waals surface area contributed by atoms with Gasteiger partial charge >= 0.3 is 12.2 Å². The first-order chi connectivity index (χ1) is 68.8. The molecular weight excluding hydrogens is 1880 g/mol. The Balaban J connectivity index is 0.000000161. The van der Waals surface area contributed by atoms with Crippen molar-refractivity contribution in [3.05, 3.63) is 332 Å². The zero-order chi connectivity index (χ0) is 104. The number of ketones is 5. The van der Waals surface area contributed by atoms with Gasteiger partial charge in [-0.3, -0.25) is 43.9 Å². The van der Waals surface area contributed by atoms with E-state index in [1.165, 1.54) is 50.6 Å². The summed E-state index contributed by atoms with van der Waals surface area (Å²) in [6.07, 6.45) is 16.3. The fourth-order valence-electron chi connectivity index (χ4n) is 19.4. The molecule has 25 nitrogen and oxygen atoms in total. The van der Waals surface area contributed by atoms with Crippen LogP contribution in [-0.2, 0) is 44.8 Å². The van der Waals surface area contributed by atoms with Crippen molar-refractivity contribution in [1.29, 1.82) is 0 Å². The number of carbonyl (C=O) groups is 7. The molecule has 144 heavy (non-hydrogen) atoms. The van der Waals surface area contributed by atoms with Gasteiger partial charge in [-0.25, -0.2) is 82.2 Å². The Morgan fingerprint density at radius 3 is 0.903 bits per heavy atom. The van der Waals surface area contributed by atoms with E-state index >= 15 is 0 Å². The van der Waals surface area contributed by atoms with Gasteiger partial charge in [0.25, 0.3) is 0 Å². The van der Waals surface area contributed by atoms with Crippen molar-refractivity contribution in [3.8, 4) is 45.0 Å². The topological polar surface area (TPSA) is 391 Å². The zero-order valence-corrected chi connectivity index (χ0v) is 79.6. The second-order valence-electron chi connectivity index (χ2n) is 36.5. The van der Waals surface area contributed by atoms with Gasteiger partial charge in [-0.1, -0.05) is 57.1 Å². The van der Waals surface area contributed by atoms with Crippen molar-refractivity contribution < 1.29 is 101 Å². The smallest absolute Gasteiger partial charge is 0.407 e. The molecule has 10 N–H and O–H groups in total. The van der Waals surface area contributed by atoms with E-state index in [0.717, 1.165) is 119 Å². The number of ether oxygens (including phenoxy) is 2. The van der Waals surface area contributed by atoms with E-state index in [1.807, 2.05) is 45.9 Å². The number of alkyl carbamates (subject to hydrolysis) is 2. The number of hydrogen-bond donors (Lipinski definition) is 6. The fraction of sp³-hybridized carbons (Fsp3) is 0.327. The van der Waals surface area contributed by atoms with Crippen molar-refractivity contribution in [3.63, 3.8) is 0 Å². The van der Waals surface area contributed by atoms with Crippen LogP contribution in [0.5, 0.6) is 0 Å². The molecule has 2 amide bonds. The Labute approximate surface area is 821 Å². The third kappa shape index (κ3) is 25.5. The number of benzene rings is 4. The third-order valence-corrected chi connectivity index (χ3v) is 26.2. The molecule has 4 aliphatic carbocycles. The number of nitrogens with two attached hydrogens (primary N) is 4. The first-order valence-corrected chi connectivity index (χ1v) is 46.6. The van der Waals surface area contributed by atoms with Crippen LogP contribution in [0.3, 0.4) is 0 Å². The molecule has 752 valence electrons. The molecule has 0 radical (unpaired) electrons. The average molecular weight is 1990 g/mol. The number of amides is 2. The van der Waals surface area contributed by atoms with Gasteiger partial charge in [0.15, 0.2) is 28.9 Å². The first-order valence-electron chi connectivity index (χ1n) is 46.6. The lowest BCUT2D eigenvalue weighted by Crippen LogP contribution is -2.55. The summed E-state index contributed by atoms with van der Waals surface area (Å²) < 4.78 is 182. The number of oxime groups is 1. The maximum atomic E-state index is 14.5. The van der Waals surface area contributed by atoms with E-state index in [-0.39, 0.29) is 138 Å². The van der Waals surface area contributed by atoms with Crippen molar-refractivity contribution in [2.24, 2.45) is 51.8 Å². The van der Waals surface area contributed by atoms with Gasteiger partial charge in [0.2, 0.25) is 0 Å². The summed E-state index contributed by atoms with van der Waals surface area (Å²) in [6.45, 7) is 11.4. The summed E-state index contributed by atoms with van der Waals surface area (Å²) in [7, 11) is 2.78. The highest BCUT2D eigenvalue weighted by Crippen LogP contribution is 2.43. The molecule has 16 rings (SSSR count). The molecule has 0 bridgehead atoms. The molecule has 37 heteroatoms. The molecule has 0 aliphatic heterocycles.